The van der Waals surface area contributed by atoms with E-state index in [2.05, 4.69) is 4.98 Å². The van der Waals surface area contributed by atoms with E-state index in [0.717, 1.165) is 6.92 Å². The topological polar surface area (TPSA) is 56.0 Å². The summed E-state index contributed by atoms with van der Waals surface area (Å²) < 4.78 is 37.5. The highest BCUT2D eigenvalue weighted by molar-refractivity contribution is 5.37. The van der Waals surface area contributed by atoms with Crippen molar-refractivity contribution in [2.24, 2.45) is 0 Å². The van der Waals surface area contributed by atoms with Crippen molar-refractivity contribution < 1.29 is 18.1 Å². The highest BCUT2D eigenvalue weighted by Gasteiger charge is 2.26. The molecule has 0 saturated carbocycles. The molecule has 0 saturated heterocycles. The summed E-state index contributed by atoms with van der Waals surface area (Å²) in [6.45, 7) is 1.16. The van der Waals surface area contributed by atoms with E-state index < -0.39 is 28.4 Å². The van der Waals surface area contributed by atoms with Gasteiger partial charge >= 0.3 is 5.69 Å². The van der Waals surface area contributed by atoms with Crippen molar-refractivity contribution in [2.75, 3.05) is 0 Å². The minimum Gasteiger partial charge on any atom is -0.258 e. The Kier molecular flexibility index (Phi) is 2.68. The van der Waals surface area contributed by atoms with Crippen LogP contribution in [0.15, 0.2) is 6.20 Å². The lowest BCUT2D eigenvalue weighted by molar-refractivity contribution is -0.388. The second-order valence-electron chi connectivity index (χ2n) is 2.51. The van der Waals surface area contributed by atoms with E-state index in [-0.39, 0.29) is 5.69 Å². The fourth-order valence-corrected chi connectivity index (χ4v) is 0.962. The zero-order chi connectivity index (χ0) is 10.9. The molecule has 0 bridgehead atoms. The summed E-state index contributed by atoms with van der Waals surface area (Å²) in [6, 6.07) is 0. The van der Waals surface area contributed by atoms with Crippen molar-refractivity contribution in [3.63, 3.8) is 0 Å². The molecule has 0 atom stereocenters. The van der Waals surface area contributed by atoms with Crippen LogP contribution in [0.2, 0.25) is 0 Å². The maximum atomic E-state index is 13.1. The quantitative estimate of drug-likeness (QED) is 0.551. The first-order valence-electron chi connectivity index (χ1n) is 3.52. The molecule has 14 heavy (non-hydrogen) atoms. The first-order valence-corrected chi connectivity index (χ1v) is 3.52. The summed E-state index contributed by atoms with van der Waals surface area (Å²) >= 11 is 0. The molecule has 0 unspecified atom stereocenters. The van der Waals surface area contributed by atoms with Gasteiger partial charge in [0.25, 0.3) is 6.43 Å². The van der Waals surface area contributed by atoms with Crippen LogP contribution in [0.3, 0.4) is 0 Å². The van der Waals surface area contributed by atoms with Crippen molar-refractivity contribution >= 4 is 5.69 Å². The molecule has 76 valence electrons. The van der Waals surface area contributed by atoms with Gasteiger partial charge < -0.3 is 0 Å². The molecule has 1 aromatic rings. The molecule has 0 N–H and O–H groups in total. The number of hydrogen-bond donors (Lipinski definition) is 0. The number of nitro groups is 1. The Bertz CT molecular complexity index is 381. The Morgan fingerprint density at radius 3 is 2.57 bits per heavy atom. The van der Waals surface area contributed by atoms with Gasteiger partial charge in [-0.05, 0) is 6.92 Å². The van der Waals surface area contributed by atoms with Gasteiger partial charge in [0, 0.05) is 5.69 Å². The highest BCUT2D eigenvalue weighted by Crippen LogP contribution is 2.29. The summed E-state index contributed by atoms with van der Waals surface area (Å²) in [4.78, 5) is 12.4. The Labute approximate surface area is 76.5 Å². The molecule has 4 nitrogen and oxygen atoms in total. The Morgan fingerprint density at radius 2 is 2.14 bits per heavy atom. The van der Waals surface area contributed by atoms with E-state index in [0.29, 0.717) is 6.20 Å². The van der Waals surface area contributed by atoms with Crippen LogP contribution in [0.5, 0.6) is 0 Å². The minimum absolute atomic E-state index is 0.247. The molecule has 0 aliphatic rings. The second-order valence-corrected chi connectivity index (χ2v) is 2.51. The summed E-state index contributed by atoms with van der Waals surface area (Å²) in [5.74, 6) is -1.52. The number of alkyl halides is 2. The molecule has 0 aromatic carbocycles. The summed E-state index contributed by atoms with van der Waals surface area (Å²) in [6.07, 6.45) is -2.49. The number of pyridine rings is 1. The maximum absolute atomic E-state index is 13.1. The minimum atomic E-state index is -3.11. The van der Waals surface area contributed by atoms with Gasteiger partial charge in [0.15, 0.2) is 0 Å². The lowest BCUT2D eigenvalue weighted by Crippen LogP contribution is -2.02. The zero-order valence-electron chi connectivity index (χ0n) is 7.00. The predicted molar refractivity (Wildman–Crippen MR) is 40.5 cm³/mol. The van der Waals surface area contributed by atoms with Crippen molar-refractivity contribution in [1.82, 2.24) is 4.98 Å². The molecule has 1 rings (SSSR count). The van der Waals surface area contributed by atoms with Crippen LogP contribution in [0.4, 0.5) is 18.9 Å². The number of hydrogen-bond acceptors (Lipinski definition) is 3. The van der Waals surface area contributed by atoms with E-state index in [1.54, 1.807) is 0 Å². The third kappa shape index (κ3) is 1.66. The molecule has 0 fully saturated rings. The van der Waals surface area contributed by atoms with Crippen LogP contribution < -0.4 is 0 Å². The predicted octanol–water partition coefficient (Wildman–Crippen LogP) is 2.37. The Balaban J connectivity index is 3.41. The van der Waals surface area contributed by atoms with Crippen molar-refractivity contribution in [2.45, 2.75) is 13.3 Å². The van der Waals surface area contributed by atoms with Crippen LogP contribution in [0.1, 0.15) is 17.7 Å². The molecule has 0 amide bonds. The van der Waals surface area contributed by atoms with Crippen LogP contribution in [0.25, 0.3) is 0 Å². The van der Waals surface area contributed by atoms with Crippen molar-refractivity contribution in [3.05, 3.63) is 33.4 Å². The molecule has 0 aliphatic heterocycles. The fourth-order valence-electron chi connectivity index (χ4n) is 0.962. The smallest absolute Gasteiger partial charge is 0.258 e. The Hall–Kier alpha value is -1.66. The van der Waals surface area contributed by atoms with Gasteiger partial charge in [-0.1, -0.05) is 0 Å². The lowest BCUT2D eigenvalue weighted by atomic mass is 10.2. The van der Waals surface area contributed by atoms with E-state index in [1.165, 1.54) is 0 Å². The molecule has 1 aromatic heterocycles. The maximum Gasteiger partial charge on any atom is 0.323 e. The molecule has 0 aliphatic carbocycles. The van der Waals surface area contributed by atoms with Gasteiger partial charge in [0.1, 0.15) is 6.20 Å². The monoisotopic (exact) mass is 206 g/mol. The number of halogens is 3. The van der Waals surface area contributed by atoms with E-state index in [1.807, 2.05) is 0 Å². The average molecular weight is 206 g/mol. The third-order valence-electron chi connectivity index (χ3n) is 1.65. The standard InChI is InChI=1S/C7H5F3N2O2/c1-3-5(7(9)10)6(8)4(2-11-3)12(13)14/h2,7H,1H3. The van der Waals surface area contributed by atoms with Crippen LogP contribution >= 0.6 is 0 Å². The van der Waals surface area contributed by atoms with Crippen LogP contribution in [-0.2, 0) is 0 Å². The first kappa shape index (κ1) is 10.4. The van der Waals surface area contributed by atoms with Gasteiger partial charge in [-0.25, -0.2) is 8.78 Å². The van der Waals surface area contributed by atoms with Crippen LogP contribution in [-0.4, -0.2) is 9.91 Å². The molecule has 0 spiro atoms. The normalized spacial score (nSPS) is 10.6. The van der Waals surface area contributed by atoms with Gasteiger partial charge in [-0.3, -0.25) is 15.1 Å². The van der Waals surface area contributed by atoms with E-state index in [9.17, 15) is 23.3 Å². The van der Waals surface area contributed by atoms with Crippen molar-refractivity contribution in [3.8, 4) is 0 Å². The molecule has 7 heteroatoms. The van der Waals surface area contributed by atoms with Gasteiger partial charge in [0.2, 0.25) is 5.82 Å². The van der Waals surface area contributed by atoms with E-state index in [4.69, 9.17) is 0 Å². The largest absolute Gasteiger partial charge is 0.323 e. The summed E-state index contributed by atoms with van der Waals surface area (Å²) in [7, 11) is 0. The number of rotatable bonds is 2. The van der Waals surface area contributed by atoms with Gasteiger partial charge in [0.05, 0.1) is 10.5 Å². The average Bonchev–Trinajstić information content (AvgIpc) is 2.02. The van der Waals surface area contributed by atoms with Crippen molar-refractivity contribution in [1.29, 1.82) is 0 Å². The van der Waals surface area contributed by atoms with Gasteiger partial charge in [-0.2, -0.15) is 4.39 Å². The summed E-state index contributed by atoms with van der Waals surface area (Å²) in [5.41, 5.74) is -2.30. The third-order valence-corrected chi connectivity index (χ3v) is 1.65. The lowest BCUT2D eigenvalue weighted by Gasteiger charge is -2.04. The second kappa shape index (κ2) is 3.60. The molecular weight excluding hydrogens is 201 g/mol. The molecule has 0 radical (unpaired) electrons. The number of aromatic nitrogens is 1. The Morgan fingerprint density at radius 1 is 1.57 bits per heavy atom. The number of nitrogens with zero attached hydrogens (tertiary/aromatic N) is 2. The SMILES string of the molecule is Cc1ncc([N+](=O)[O-])c(F)c1C(F)F. The zero-order valence-corrected chi connectivity index (χ0v) is 7.00. The number of aryl methyl sites for hydroxylation is 1. The summed E-state index contributed by atoms with van der Waals surface area (Å²) in [5, 5.41) is 10.2. The van der Waals surface area contributed by atoms with E-state index >= 15 is 0 Å². The highest BCUT2D eigenvalue weighted by atomic mass is 19.3. The first-order chi connectivity index (χ1) is 6.45. The molecule has 1 heterocycles. The van der Waals surface area contributed by atoms with Gasteiger partial charge in [-0.15, -0.1) is 0 Å². The van der Waals surface area contributed by atoms with Crippen LogP contribution in [0, 0.1) is 22.9 Å². The fraction of sp³-hybridized carbons (Fsp3) is 0.286. The molecular formula is C7H5F3N2O2.